The fraction of sp³-hybridized carbons (Fsp3) is 0.300. The third-order valence-electron chi connectivity index (χ3n) is 2.11. The maximum atomic E-state index is 10.7. The third-order valence-corrected chi connectivity index (χ3v) is 2.11. The molecule has 1 aromatic rings. The zero-order valence-electron chi connectivity index (χ0n) is 8.20. The summed E-state index contributed by atoms with van der Waals surface area (Å²) in [5.74, 6) is 0.185. The topological polar surface area (TPSA) is 72.6 Å². The van der Waals surface area contributed by atoms with Gasteiger partial charge in [0.2, 0.25) is 0 Å². The number of ether oxygens (including phenoxy) is 1. The van der Waals surface area contributed by atoms with Crippen LogP contribution >= 0.6 is 0 Å². The van der Waals surface area contributed by atoms with E-state index in [2.05, 4.69) is 0 Å². The first-order valence-corrected chi connectivity index (χ1v) is 4.29. The van der Waals surface area contributed by atoms with E-state index in [-0.39, 0.29) is 17.2 Å². The number of rotatable bonds is 3. The van der Waals surface area contributed by atoms with Gasteiger partial charge in [-0.1, -0.05) is 6.92 Å². The molecule has 0 aliphatic carbocycles. The van der Waals surface area contributed by atoms with Gasteiger partial charge in [0.1, 0.15) is 0 Å². The molecule has 0 spiro atoms. The zero-order valence-corrected chi connectivity index (χ0v) is 8.20. The highest BCUT2D eigenvalue weighted by Crippen LogP contribution is 2.37. The lowest BCUT2D eigenvalue weighted by atomic mass is 10.0. The summed E-state index contributed by atoms with van der Waals surface area (Å²) in [4.78, 5) is 10.7. The molecule has 0 aliphatic heterocycles. The normalized spacial score (nSPS) is 9.86. The Hall–Kier alpha value is -1.71. The maximum absolute atomic E-state index is 10.7. The molecule has 14 heavy (non-hydrogen) atoms. The lowest BCUT2D eigenvalue weighted by Crippen LogP contribution is -2.00. The van der Waals surface area contributed by atoms with Gasteiger partial charge in [-0.05, 0) is 12.5 Å². The van der Waals surface area contributed by atoms with E-state index >= 15 is 0 Å². The number of phenols is 1. The van der Waals surface area contributed by atoms with Gasteiger partial charge in [-0.2, -0.15) is 0 Å². The van der Waals surface area contributed by atoms with Crippen molar-refractivity contribution in [3.05, 3.63) is 17.2 Å². The van der Waals surface area contributed by atoms with E-state index in [0.717, 1.165) is 0 Å². The van der Waals surface area contributed by atoms with Crippen molar-refractivity contribution < 1.29 is 14.6 Å². The Morgan fingerprint density at radius 3 is 2.71 bits per heavy atom. The smallest absolute Gasteiger partial charge is 0.181 e. The first kappa shape index (κ1) is 10.4. The van der Waals surface area contributed by atoms with Crippen LogP contribution < -0.4 is 10.5 Å². The second kappa shape index (κ2) is 4.00. The van der Waals surface area contributed by atoms with Gasteiger partial charge in [-0.25, -0.2) is 0 Å². The van der Waals surface area contributed by atoms with Crippen LogP contribution in [0.1, 0.15) is 22.8 Å². The average molecular weight is 195 g/mol. The SMILES string of the molecule is CCc1c(C=O)cc(N)c(O)c1OC. The highest BCUT2D eigenvalue weighted by atomic mass is 16.5. The molecule has 0 saturated carbocycles. The van der Waals surface area contributed by atoms with E-state index in [1.807, 2.05) is 6.92 Å². The van der Waals surface area contributed by atoms with Crippen molar-refractivity contribution in [1.29, 1.82) is 0 Å². The van der Waals surface area contributed by atoms with E-state index in [9.17, 15) is 9.90 Å². The van der Waals surface area contributed by atoms with Gasteiger partial charge < -0.3 is 15.6 Å². The minimum Gasteiger partial charge on any atom is -0.503 e. The second-order valence-electron chi connectivity index (χ2n) is 2.89. The number of hydrogen-bond donors (Lipinski definition) is 2. The van der Waals surface area contributed by atoms with Gasteiger partial charge in [-0.15, -0.1) is 0 Å². The summed E-state index contributed by atoms with van der Waals surface area (Å²) in [6.45, 7) is 1.88. The van der Waals surface area contributed by atoms with Crippen LogP contribution in [-0.2, 0) is 6.42 Å². The molecule has 76 valence electrons. The van der Waals surface area contributed by atoms with E-state index < -0.39 is 0 Å². The lowest BCUT2D eigenvalue weighted by Gasteiger charge is -2.12. The fourth-order valence-corrected chi connectivity index (χ4v) is 1.42. The first-order valence-electron chi connectivity index (χ1n) is 4.29. The maximum Gasteiger partial charge on any atom is 0.181 e. The number of aldehydes is 1. The van der Waals surface area contributed by atoms with Crippen molar-refractivity contribution >= 4 is 12.0 Å². The van der Waals surface area contributed by atoms with Crippen molar-refractivity contribution in [2.75, 3.05) is 12.8 Å². The van der Waals surface area contributed by atoms with Crippen LogP contribution in [-0.4, -0.2) is 18.5 Å². The number of anilines is 1. The van der Waals surface area contributed by atoms with Gasteiger partial charge in [0.25, 0.3) is 0 Å². The van der Waals surface area contributed by atoms with Crippen LogP contribution in [0.15, 0.2) is 6.07 Å². The van der Waals surface area contributed by atoms with Gasteiger partial charge in [0, 0.05) is 11.1 Å². The summed E-state index contributed by atoms with van der Waals surface area (Å²) in [6.07, 6.45) is 1.31. The Balaban J connectivity index is 3.49. The second-order valence-corrected chi connectivity index (χ2v) is 2.89. The molecule has 0 amide bonds. The van der Waals surface area contributed by atoms with Gasteiger partial charge >= 0.3 is 0 Å². The number of nitrogens with two attached hydrogens (primary N) is 1. The van der Waals surface area contributed by atoms with Gasteiger partial charge in [0.15, 0.2) is 17.8 Å². The van der Waals surface area contributed by atoms with Crippen molar-refractivity contribution in [3.8, 4) is 11.5 Å². The summed E-state index contributed by atoms with van der Waals surface area (Å²) in [7, 11) is 1.43. The Bertz CT molecular complexity index is 361. The lowest BCUT2D eigenvalue weighted by molar-refractivity contribution is 0.112. The van der Waals surface area contributed by atoms with Crippen LogP contribution in [0.25, 0.3) is 0 Å². The molecule has 0 aromatic heterocycles. The summed E-state index contributed by atoms with van der Waals surface area (Å²) in [6, 6.07) is 1.45. The van der Waals surface area contributed by atoms with E-state index in [1.165, 1.54) is 13.2 Å². The molecule has 0 fully saturated rings. The Labute approximate surface area is 82.3 Å². The molecule has 0 saturated heterocycles. The van der Waals surface area contributed by atoms with Crippen molar-refractivity contribution in [1.82, 2.24) is 0 Å². The number of nitrogen functional groups attached to an aromatic ring is 1. The molecule has 0 heterocycles. The highest BCUT2D eigenvalue weighted by Gasteiger charge is 2.15. The van der Waals surface area contributed by atoms with Crippen LogP contribution in [0.3, 0.4) is 0 Å². The Morgan fingerprint density at radius 1 is 1.64 bits per heavy atom. The standard InChI is InChI=1S/C10H13NO3/c1-3-7-6(5-12)4-8(11)9(13)10(7)14-2/h4-5,13H,3,11H2,1-2H3. The molecule has 1 rings (SSSR count). The quantitative estimate of drug-likeness (QED) is 0.434. The molecule has 0 unspecified atom stereocenters. The van der Waals surface area contributed by atoms with Crippen LogP contribution in [0.4, 0.5) is 5.69 Å². The average Bonchev–Trinajstić information content (AvgIpc) is 2.20. The third kappa shape index (κ3) is 1.51. The minimum atomic E-state index is -0.102. The molecular weight excluding hydrogens is 182 g/mol. The number of carbonyl (C=O) groups is 1. The number of carbonyl (C=O) groups excluding carboxylic acids is 1. The molecule has 0 atom stereocenters. The zero-order chi connectivity index (χ0) is 10.7. The Morgan fingerprint density at radius 2 is 2.29 bits per heavy atom. The molecule has 4 nitrogen and oxygen atoms in total. The monoisotopic (exact) mass is 195 g/mol. The molecule has 0 aliphatic rings. The minimum absolute atomic E-state index is 0.102. The summed E-state index contributed by atoms with van der Waals surface area (Å²) in [5, 5.41) is 9.56. The predicted octanol–water partition coefficient (Wildman–Crippen LogP) is 1.36. The number of phenolic OH excluding ortho intramolecular Hbond substituents is 1. The highest BCUT2D eigenvalue weighted by molar-refractivity contribution is 5.83. The largest absolute Gasteiger partial charge is 0.503 e. The van der Waals surface area contributed by atoms with Gasteiger partial charge in [0.05, 0.1) is 12.8 Å². The summed E-state index contributed by atoms with van der Waals surface area (Å²) in [5.41, 5.74) is 6.79. The van der Waals surface area contributed by atoms with Crippen molar-refractivity contribution in [2.24, 2.45) is 0 Å². The van der Waals surface area contributed by atoms with E-state index in [4.69, 9.17) is 10.5 Å². The summed E-state index contributed by atoms with van der Waals surface area (Å²) < 4.78 is 5.00. The van der Waals surface area contributed by atoms with Crippen LogP contribution in [0, 0.1) is 0 Å². The number of methoxy groups -OCH3 is 1. The van der Waals surface area contributed by atoms with Crippen molar-refractivity contribution in [2.45, 2.75) is 13.3 Å². The predicted molar refractivity (Wildman–Crippen MR) is 53.8 cm³/mol. The van der Waals surface area contributed by atoms with Crippen molar-refractivity contribution in [3.63, 3.8) is 0 Å². The molecule has 1 aromatic carbocycles. The number of hydrogen-bond acceptors (Lipinski definition) is 4. The van der Waals surface area contributed by atoms with E-state index in [0.29, 0.717) is 23.8 Å². The molecule has 3 N–H and O–H groups in total. The number of aromatic hydroxyl groups is 1. The van der Waals surface area contributed by atoms with Crippen LogP contribution in [0.5, 0.6) is 11.5 Å². The molecule has 4 heteroatoms. The van der Waals surface area contributed by atoms with E-state index in [1.54, 1.807) is 0 Å². The molecule has 0 bridgehead atoms. The first-order chi connectivity index (χ1) is 6.65. The molecule has 0 radical (unpaired) electrons. The molecular formula is C10H13NO3. The Kier molecular flexibility index (Phi) is 2.96. The number of benzene rings is 1. The fourth-order valence-electron chi connectivity index (χ4n) is 1.42. The van der Waals surface area contributed by atoms with Gasteiger partial charge in [-0.3, -0.25) is 4.79 Å². The van der Waals surface area contributed by atoms with Crippen LogP contribution in [0.2, 0.25) is 0 Å². The summed E-state index contributed by atoms with van der Waals surface area (Å²) >= 11 is 0.